The zero-order chi connectivity index (χ0) is 13.9. The van der Waals surface area contributed by atoms with Crippen molar-refractivity contribution in [3.8, 4) is 5.75 Å². The van der Waals surface area contributed by atoms with E-state index < -0.39 is 5.60 Å². The van der Waals surface area contributed by atoms with Gasteiger partial charge in [-0.15, -0.1) is 0 Å². The second kappa shape index (κ2) is 5.53. The Morgan fingerprint density at radius 2 is 1.89 bits per heavy atom. The molecule has 0 aliphatic carbocycles. The maximum absolute atomic E-state index is 12.6. The highest BCUT2D eigenvalue weighted by molar-refractivity contribution is 6.05. The number of carbonyl (C=O) groups excluding carboxylic acids is 1. The average Bonchev–Trinajstić information content (AvgIpc) is 2.36. The molecule has 100 valence electrons. The van der Waals surface area contributed by atoms with Crippen LogP contribution < -0.4 is 4.74 Å². The molecular formula is C15H22O3. The van der Waals surface area contributed by atoms with E-state index in [1.54, 1.807) is 14.2 Å². The van der Waals surface area contributed by atoms with Crippen LogP contribution in [0.3, 0.4) is 0 Å². The fraction of sp³-hybridized carbons (Fsp3) is 0.533. The van der Waals surface area contributed by atoms with E-state index in [2.05, 4.69) is 0 Å². The molecule has 1 aromatic rings. The Balaban J connectivity index is 3.37. The number of carbonyl (C=O) groups is 1. The van der Waals surface area contributed by atoms with Crippen LogP contribution in [0, 0.1) is 13.8 Å². The molecule has 0 aliphatic heterocycles. The molecule has 1 rings (SSSR count). The Bertz CT molecular complexity index is 445. The van der Waals surface area contributed by atoms with E-state index in [0.29, 0.717) is 17.7 Å². The quantitative estimate of drug-likeness (QED) is 0.752. The van der Waals surface area contributed by atoms with Crippen LogP contribution >= 0.6 is 0 Å². The SMILES string of the molecule is CCC(C)(OC)C(=O)c1c(C)cc(C)cc1OC. The number of aryl methyl sites for hydroxylation is 2. The van der Waals surface area contributed by atoms with Crippen LogP contribution in [0.25, 0.3) is 0 Å². The molecule has 0 amide bonds. The monoisotopic (exact) mass is 250 g/mol. The molecule has 0 aromatic heterocycles. The van der Waals surface area contributed by atoms with Crippen molar-refractivity contribution in [2.75, 3.05) is 14.2 Å². The molecule has 0 radical (unpaired) electrons. The van der Waals surface area contributed by atoms with Gasteiger partial charge in [-0.05, 0) is 44.4 Å². The second-order valence-corrected chi connectivity index (χ2v) is 4.78. The summed E-state index contributed by atoms with van der Waals surface area (Å²) in [5.74, 6) is 0.594. The topological polar surface area (TPSA) is 35.5 Å². The lowest BCUT2D eigenvalue weighted by molar-refractivity contribution is 0.0103. The van der Waals surface area contributed by atoms with Gasteiger partial charge in [0.25, 0.3) is 0 Å². The summed E-state index contributed by atoms with van der Waals surface area (Å²) in [7, 11) is 3.15. The van der Waals surface area contributed by atoms with Crippen LogP contribution in [0.5, 0.6) is 5.75 Å². The summed E-state index contributed by atoms with van der Waals surface area (Å²) in [5, 5.41) is 0. The molecule has 0 saturated carbocycles. The van der Waals surface area contributed by atoms with Gasteiger partial charge in [-0.25, -0.2) is 0 Å². The number of Topliss-reactive ketones (excluding diaryl/α,β-unsaturated/α-hetero) is 1. The van der Waals surface area contributed by atoms with Crippen molar-refractivity contribution in [3.05, 3.63) is 28.8 Å². The van der Waals surface area contributed by atoms with Gasteiger partial charge in [-0.1, -0.05) is 13.0 Å². The smallest absolute Gasteiger partial charge is 0.198 e. The zero-order valence-electron chi connectivity index (χ0n) is 12.1. The van der Waals surface area contributed by atoms with Crippen molar-refractivity contribution in [1.29, 1.82) is 0 Å². The molecule has 0 bridgehead atoms. The number of ether oxygens (including phenoxy) is 2. The molecule has 1 aromatic carbocycles. The van der Waals surface area contributed by atoms with Gasteiger partial charge >= 0.3 is 0 Å². The van der Waals surface area contributed by atoms with Crippen molar-refractivity contribution < 1.29 is 14.3 Å². The summed E-state index contributed by atoms with van der Waals surface area (Å²) in [6, 6.07) is 3.87. The molecule has 0 saturated heterocycles. The van der Waals surface area contributed by atoms with Gasteiger partial charge in [0.1, 0.15) is 11.4 Å². The van der Waals surface area contributed by atoms with Gasteiger partial charge in [0.15, 0.2) is 5.78 Å². The largest absolute Gasteiger partial charge is 0.496 e. The third kappa shape index (κ3) is 2.56. The Kier molecular flexibility index (Phi) is 4.52. The lowest BCUT2D eigenvalue weighted by Gasteiger charge is -2.26. The molecule has 3 heteroatoms. The molecule has 1 atom stereocenters. The van der Waals surface area contributed by atoms with E-state index in [0.717, 1.165) is 11.1 Å². The van der Waals surface area contributed by atoms with Crippen molar-refractivity contribution >= 4 is 5.78 Å². The van der Waals surface area contributed by atoms with Gasteiger partial charge < -0.3 is 9.47 Å². The highest BCUT2D eigenvalue weighted by atomic mass is 16.5. The van der Waals surface area contributed by atoms with Crippen molar-refractivity contribution in [2.45, 2.75) is 39.7 Å². The number of hydrogen-bond acceptors (Lipinski definition) is 3. The van der Waals surface area contributed by atoms with E-state index >= 15 is 0 Å². The van der Waals surface area contributed by atoms with Gasteiger partial charge in [-0.3, -0.25) is 4.79 Å². The Morgan fingerprint density at radius 1 is 1.28 bits per heavy atom. The summed E-state index contributed by atoms with van der Waals surface area (Å²) in [4.78, 5) is 12.6. The molecule has 18 heavy (non-hydrogen) atoms. The van der Waals surface area contributed by atoms with E-state index in [1.165, 1.54) is 0 Å². The fourth-order valence-electron chi connectivity index (χ4n) is 2.04. The highest BCUT2D eigenvalue weighted by Crippen LogP contribution is 2.30. The van der Waals surface area contributed by atoms with Crippen LogP contribution in [0.1, 0.15) is 41.8 Å². The lowest BCUT2D eigenvalue weighted by Crippen LogP contribution is -2.37. The van der Waals surface area contributed by atoms with Crippen molar-refractivity contribution in [3.63, 3.8) is 0 Å². The Hall–Kier alpha value is -1.35. The van der Waals surface area contributed by atoms with Crippen LogP contribution in [-0.2, 0) is 4.74 Å². The Morgan fingerprint density at radius 3 is 2.33 bits per heavy atom. The number of benzene rings is 1. The number of methoxy groups -OCH3 is 2. The third-order valence-corrected chi connectivity index (χ3v) is 3.50. The normalized spacial score (nSPS) is 14.1. The first kappa shape index (κ1) is 14.7. The van der Waals surface area contributed by atoms with Gasteiger partial charge in [0.2, 0.25) is 0 Å². The average molecular weight is 250 g/mol. The van der Waals surface area contributed by atoms with E-state index in [1.807, 2.05) is 39.8 Å². The van der Waals surface area contributed by atoms with Gasteiger partial charge in [0.05, 0.1) is 12.7 Å². The molecule has 3 nitrogen and oxygen atoms in total. The fourth-order valence-corrected chi connectivity index (χ4v) is 2.04. The highest BCUT2D eigenvalue weighted by Gasteiger charge is 2.34. The number of hydrogen-bond donors (Lipinski definition) is 0. The predicted octanol–water partition coefficient (Wildman–Crippen LogP) is 3.31. The summed E-state index contributed by atoms with van der Waals surface area (Å²) in [5.41, 5.74) is 1.83. The van der Waals surface area contributed by atoms with Crippen LogP contribution in [-0.4, -0.2) is 25.6 Å². The van der Waals surface area contributed by atoms with E-state index in [-0.39, 0.29) is 5.78 Å². The maximum atomic E-state index is 12.6. The zero-order valence-corrected chi connectivity index (χ0v) is 12.1. The summed E-state index contributed by atoms with van der Waals surface area (Å²) in [6.07, 6.45) is 0.624. The van der Waals surface area contributed by atoms with E-state index in [9.17, 15) is 4.79 Å². The number of rotatable bonds is 5. The minimum Gasteiger partial charge on any atom is -0.496 e. The third-order valence-electron chi connectivity index (χ3n) is 3.50. The first-order chi connectivity index (χ1) is 8.39. The number of ketones is 1. The molecular weight excluding hydrogens is 228 g/mol. The van der Waals surface area contributed by atoms with Crippen LogP contribution in [0.4, 0.5) is 0 Å². The summed E-state index contributed by atoms with van der Waals surface area (Å²) < 4.78 is 10.7. The molecule has 0 spiro atoms. The minimum absolute atomic E-state index is 0.0261. The summed E-state index contributed by atoms with van der Waals surface area (Å²) in [6.45, 7) is 7.67. The molecule has 0 N–H and O–H groups in total. The maximum Gasteiger partial charge on any atom is 0.198 e. The van der Waals surface area contributed by atoms with Crippen LogP contribution in [0.2, 0.25) is 0 Å². The molecule has 0 heterocycles. The van der Waals surface area contributed by atoms with Gasteiger partial charge in [-0.2, -0.15) is 0 Å². The lowest BCUT2D eigenvalue weighted by atomic mass is 9.88. The first-order valence-electron chi connectivity index (χ1n) is 6.14. The Labute approximate surface area is 109 Å². The van der Waals surface area contributed by atoms with Crippen molar-refractivity contribution in [2.24, 2.45) is 0 Å². The van der Waals surface area contributed by atoms with E-state index in [4.69, 9.17) is 9.47 Å². The minimum atomic E-state index is -0.798. The van der Waals surface area contributed by atoms with Crippen molar-refractivity contribution in [1.82, 2.24) is 0 Å². The standard InChI is InChI=1S/C15H22O3/c1-7-15(4,18-6)14(16)13-11(3)8-10(2)9-12(13)17-5/h8-9H,7H2,1-6H3. The second-order valence-electron chi connectivity index (χ2n) is 4.78. The van der Waals surface area contributed by atoms with Crippen LogP contribution in [0.15, 0.2) is 12.1 Å². The molecule has 1 unspecified atom stereocenters. The summed E-state index contributed by atoms with van der Waals surface area (Å²) >= 11 is 0. The predicted molar refractivity (Wildman–Crippen MR) is 72.5 cm³/mol. The molecule has 0 fully saturated rings. The molecule has 0 aliphatic rings. The van der Waals surface area contributed by atoms with Gasteiger partial charge in [0, 0.05) is 7.11 Å². The first-order valence-corrected chi connectivity index (χ1v) is 6.14.